The molecule has 1 fully saturated rings. The summed E-state index contributed by atoms with van der Waals surface area (Å²) in [7, 11) is -3.57. The van der Waals surface area contributed by atoms with Crippen LogP contribution in [-0.2, 0) is 21.2 Å². The van der Waals surface area contributed by atoms with E-state index in [0.717, 1.165) is 25.9 Å². The van der Waals surface area contributed by atoms with Gasteiger partial charge in [-0.3, -0.25) is 4.79 Å². The lowest BCUT2D eigenvalue weighted by Crippen LogP contribution is -2.29. The summed E-state index contributed by atoms with van der Waals surface area (Å²) < 4.78 is 27.7. The number of sulfonamides is 1. The van der Waals surface area contributed by atoms with Crippen LogP contribution in [0.5, 0.6) is 0 Å². The van der Waals surface area contributed by atoms with Crippen LogP contribution in [0.15, 0.2) is 53.4 Å². The second-order valence-corrected chi connectivity index (χ2v) is 10.2. The van der Waals surface area contributed by atoms with Gasteiger partial charge in [-0.2, -0.15) is 0 Å². The van der Waals surface area contributed by atoms with Crippen molar-refractivity contribution in [3.63, 3.8) is 0 Å². The Balaban J connectivity index is 1.45. The Morgan fingerprint density at radius 3 is 2.23 bits per heavy atom. The van der Waals surface area contributed by atoms with Crippen LogP contribution in [0.25, 0.3) is 0 Å². The number of amides is 1. The van der Waals surface area contributed by atoms with Crippen LogP contribution in [0.4, 0.5) is 11.4 Å². The molecule has 0 saturated carbocycles. The fourth-order valence-electron chi connectivity index (χ4n) is 3.61. The molecule has 0 unspecified atom stereocenters. The van der Waals surface area contributed by atoms with Crippen molar-refractivity contribution in [1.29, 1.82) is 0 Å². The van der Waals surface area contributed by atoms with Gasteiger partial charge < -0.3 is 10.2 Å². The molecule has 0 aliphatic carbocycles. The Morgan fingerprint density at radius 1 is 0.968 bits per heavy atom. The highest BCUT2D eigenvalue weighted by molar-refractivity contribution is 7.89. The maximum atomic E-state index is 12.5. The molecule has 0 atom stereocenters. The third kappa shape index (κ3) is 6.80. The van der Waals surface area contributed by atoms with Gasteiger partial charge >= 0.3 is 0 Å². The molecule has 1 saturated heterocycles. The van der Waals surface area contributed by atoms with Crippen LogP contribution < -0.4 is 14.9 Å². The third-order valence-corrected chi connectivity index (χ3v) is 7.03. The van der Waals surface area contributed by atoms with Gasteiger partial charge in [0, 0.05) is 36.9 Å². The molecular formula is C24H33N3O3S. The van der Waals surface area contributed by atoms with Crippen molar-refractivity contribution >= 4 is 27.3 Å². The molecule has 1 aliphatic heterocycles. The summed E-state index contributed by atoms with van der Waals surface area (Å²) in [5.74, 6) is -0.233. The number of anilines is 2. The zero-order valence-electron chi connectivity index (χ0n) is 18.4. The highest BCUT2D eigenvalue weighted by Gasteiger charge is 2.14. The number of rotatable bonds is 9. The highest BCUT2D eigenvalue weighted by Crippen LogP contribution is 2.20. The Labute approximate surface area is 186 Å². The SMILES string of the molecule is CC(C)C(=O)Nc1ccc(S(=O)(=O)NCCCc2ccc(N3CCCCC3)cc2)cc1. The van der Waals surface area contributed by atoms with Crippen molar-refractivity contribution in [2.75, 3.05) is 29.9 Å². The molecule has 31 heavy (non-hydrogen) atoms. The molecule has 0 bridgehead atoms. The maximum Gasteiger partial charge on any atom is 0.240 e. The Kier molecular flexibility index (Phi) is 8.09. The number of carbonyl (C=O) groups excluding carboxylic acids is 1. The minimum atomic E-state index is -3.57. The quantitative estimate of drug-likeness (QED) is 0.570. The molecule has 7 heteroatoms. The number of carbonyl (C=O) groups is 1. The molecule has 2 aromatic rings. The van der Waals surface area contributed by atoms with Gasteiger partial charge in [-0.15, -0.1) is 0 Å². The van der Waals surface area contributed by atoms with E-state index in [2.05, 4.69) is 39.2 Å². The zero-order valence-corrected chi connectivity index (χ0v) is 19.2. The molecule has 168 valence electrons. The van der Waals surface area contributed by atoms with E-state index in [1.54, 1.807) is 26.0 Å². The largest absolute Gasteiger partial charge is 0.372 e. The number of benzene rings is 2. The predicted octanol–water partition coefficient (Wildman–Crippen LogP) is 4.18. The smallest absolute Gasteiger partial charge is 0.240 e. The fourth-order valence-corrected chi connectivity index (χ4v) is 4.69. The van der Waals surface area contributed by atoms with Crippen LogP contribution >= 0.6 is 0 Å². The fraction of sp³-hybridized carbons (Fsp3) is 0.458. The van der Waals surface area contributed by atoms with E-state index in [1.807, 2.05) is 0 Å². The van der Waals surface area contributed by atoms with E-state index < -0.39 is 10.0 Å². The summed E-state index contributed by atoms with van der Waals surface area (Å²) in [6, 6.07) is 14.9. The lowest BCUT2D eigenvalue weighted by molar-refractivity contribution is -0.118. The van der Waals surface area contributed by atoms with Crippen LogP contribution in [0.3, 0.4) is 0 Å². The van der Waals surface area contributed by atoms with Crippen LogP contribution in [0, 0.1) is 5.92 Å². The van der Waals surface area contributed by atoms with Gasteiger partial charge in [0.05, 0.1) is 4.90 Å². The third-order valence-electron chi connectivity index (χ3n) is 5.55. The number of nitrogens with zero attached hydrogens (tertiary/aromatic N) is 1. The molecule has 3 rings (SSSR count). The van der Waals surface area contributed by atoms with E-state index in [-0.39, 0.29) is 16.7 Å². The number of piperidine rings is 1. The molecule has 2 aromatic carbocycles. The number of hydrogen-bond acceptors (Lipinski definition) is 4. The first-order valence-corrected chi connectivity index (χ1v) is 12.6. The predicted molar refractivity (Wildman–Crippen MR) is 126 cm³/mol. The number of nitrogens with one attached hydrogen (secondary N) is 2. The molecule has 0 spiro atoms. The average Bonchev–Trinajstić information content (AvgIpc) is 2.78. The van der Waals surface area contributed by atoms with E-state index in [1.165, 1.54) is 42.6 Å². The van der Waals surface area contributed by atoms with Gasteiger partial charge in [0.2, 0.25) is 15.9 Å². The number of aryl methyl sites for hydroxylation is 1. The summed E-state index contributed by atoms with van der Waals surface area (Å²) in [5.41, 5.74) is 3.08. The van der Waals surface area contributed by atoms with Crippen LogP contribution in [0.1, 0.15) is 45.1 Å². The Bertz CT molecular complexity index is 949. The lowest BCUT2D eigenvalue weighted by atomic mass is 10.1. The van der Waals surface area contributed by atoms with Crippen LogP contribution in [-0.4, -0.2) is 34.0 Å². The van der Waals surface area contributed by atoms with E-state index >= 15 is 0 Å². The van der Waals surface area contributed by atoms with Gasteiger partial charge in [0.25, 0.3) is 0 Å². The van der Waals surface area contributed by atoms with E-state index in [0.29, 0.717) is 12.2 Å². The van der Waals surface area contributed by atoms with E-state index in [9.17, 15) is 13.2 Å². The Hall–Kier alpha value is -2.38. The minimum Gasteiger partial charge on any atom is -0.372 e. The molecule has 1 heterocycles. The van der Waals surface area contributed by atoms with Gasteiger partial charge in [-0.1, -0.05) is 26.0 Å². The van der Waals surface area contributed by atoms with Crippen molar-refractivity contribution in [3.05, 3.63) is 54.1 Å². The zero-order chi connectivity index (χ0) is 22.3. The standard InChI is InChI=1S/C24H33N3O3S/c1-19(2)24(28)26-21-10-14-23(15-11-21)31(29,30)25-16-6-7-20-8-12-22(13-9-20)27-17-4-3-5-18-27/h8-15,19,25H,3-7,16-18H2,1-2H3,(H,26,28). The van der Waals surface area contributed by atoms with Crippen molar-refractivity contribution in [2.45, 2.75) is 50.8 Å². The molecule has 1 aliphatic rings. The lowest BCUT2D eigenvalue weighted by Gasteiger charge is -2.28. The normalized spacial score (nSPS) is 14.6. The van der Waals surface area contributed by atoms with Crippen molar-refractivity contribution in [3.8, 4) is 0 Å². The van der Waals surface area contributed by atoms with Crippen molar-refractivity contribution in [2.24, 2.45) is 5.92 Å². The monoisotopic (exact) mass is 443 g/mol. The summed E-state index contributed by atoms with van der Waals surface area (Å²) in [4.78, 5) is 14.4. The van der Waals surface area contributed by atoms with Crippen molar-refractivity contribution in [1.82, 2.24) is 4.72 Å². The van der Waals surface area contributed by atoms with Gasteiger partial charge in [-0.25, -0.2) is 13.1 Å². The van der Waals surface area contributed by atoms with Crippen LogP contribution in [0.2, 0.25) is 0 Å². The van der Waals surface area contributed by atoms with Crippen molar-refractivity contribution < 1.29 is 13.2 Å². The Morgan fingerprint density at radius 2 is 1.61 bits per heavy atom. The molecule has 0 aromatic heterocycles. The molecular weight excluding hydrogens is 410 g/mol. The highest BCUT2D eigenvalue weighted by atomic mass is 32.2. The first-order valence-electron chi connectivity index (χ1n) is 11.1. The summed E-state index contributed by atoms with van der Waals surface area (Å²) in [6.07, 6.45) is 5.39. The molecule has 2 N–H and O–H groups in total. The maximum absolute atomic E-state index is 12.5. The summed E-state index contributed by atoms with van der Waals surface area (Å²) >= 11 is 0. The second kappa shape index (κ2) is 10.8. The minimum absolute atomic E-state index is 0.0994. The first-order chi connectivity index (χ1) is 14.8. The molecule has 1 amide bonds. The first kappa shape index (κ1) is 23.3. The number of hydrogen-bond donors (Lipinski definition) is 2. The summed E-state index contributed by atoms with van der Waals surface area (Å²) in [6.45, 7) is 6.25. The molecule has 0 radical (unpaired) electrons. The van der Waals surface area contributed by atoms with Gasteiger partial charge in [-0.05, 0) is 74.1 Å². The molecule has 6 nitrogen and oxygen atoms in total. The van der Waals surface area contributed by atoms with Gasteiger partial charge in [0.1, 0.15) is 0 Å². The topological polar surface area (TPSA) is 78.5 Å². The average molecular weight is 444 g/mol. The van der Waals surface area contributed by atoms with E-state index in [4.69, 9.17) is 0 Å². The van der Waals surface area contributed by atoms with Gasteiger partial charge in [0.15, 0.2) is 0 Å². The summed E-state index contributed by atoms with van der Waals surface area (Å²) in [5, 5.41) is 2.76. The second-order valence-electron chi connectivity index (χ2n) is 8.38.